The van der Waals surface area contributed by atoms with Crippen molar-refractivity contribution in [2.75, 3.05) is 26.4 Å². The second kappa shape index (κ2) is 66.1. The summed E-state index contributed by atoms with van der Waals surface area (Å²) in [4.78, 5) is 35.3. The number of rotatable bonds is 63. The molecular weight excluding hydrogens is 1030 g/mol. The van der Waals surface area contributed by atoms with E-state index in [1.54, 1.807) is 0 Å². The van der Waals surface area contributed by atoms with Gasteiger partial charge in [0.25, 0.3) is 0 Å². The lowest BCUT2D eigenvalue weighted by atomic mass is 10.0. The fourth-order valence-corrected chi connectivity index (χ4v) is 10.3. The first kappa shape index (κ1) is 77.9. The summed E-state index contributed by atoms with van der Waals surface area (Å²) < 4.78 is 33.1. The third kappa shape index (κ3) is 65.9. The van der Waals surface area contributed by atoms with Crippen LogP contribution in [0.3, 0.4) is 0 Å². The van der Waals surface area contributed by atoms with Gasteiger partial charge in [0.05, 0.1) is 13.2 Å². The van der Waals surface area contributed by atoms with Crippen LogP contribution in [0.4, 0.5) is 0 Å². The lowest BCUT2D eigenvalue weighted by Gasteiger charge is -2.19. The van der Waals surface area contributed by atoms with Crippen molar-refractivity contribution in [1.82, 2.24) is 0 Å². The summed E-state index contributed by atoms with van der Waals surface area (Å²) in [5.74, 6) is -0.838. The molecule has 0 aromatic rings. The second-order valence-corrected chi connectivity index (χ2v) is 23.8. The molecule has 0 saturated carbocycles. The Kier molecular flexibility index (Phi) is 63.6. The van der Waals surface area contributed by atoms with Crippen molar-refractivity contribution in [2.24, 2.45) is 5.73 Å². The molecule has 0 aromatic carbocycles. The summed E-state index contributed by atoms with van der Waals surface area (Å²) in [5.41, 5.74) is 5.39. The predicted molar refractivity (Wildman–Crippen MR) is 348 cm³/mol. The van der Waals surface area contributed by atoms with E-state index in [4.69, 9.17) is 24.3 Å². The van der Waals surface area contributed by atoms with Crippen LogP contribution in [-0.2, 0) is 32.7 Å². The largest absolute Gasteiger partial charge is 0.472 e. The number of hydrogen-bond donors (Lipinski definition) is 2. The molecule has 2 atom stereocenters. The minimum absolute atomic E-state index is 0.0474. The number of unbranched alkanes of at least 4 members (excludes halogenated alkanes) is 34. The normalized spacial score (nSPS) is 13.6. The van der Waals surface area contributed by atoms with E-state index in [0.717, 1.165) is 103 Å². The molecular formula is C71H126NO8P. The Morgan fingerprint density at radius 1 is 0.383 bits per heavy atom. The van der Waals surface area contributed by atoms with Crippen LogP contribution in [0, 0.1) is 0 Å². The van der Waals surface area contributed by atoms with Gasteiger partial charge in [-0.3, -0.25) is 18.6 Å². The van der Waals surface area contributed by atoms with Crippen LogP contribution in [0.25, 0.3) is 0 Å². The highest BCUT2D eigenvalue weighted by molar-refractivity contribution is 7.47. The van der Waals surface area contributed by atoms with Crippen LogP contribution < -0.4 is 5.73 Å². The molecule has 10 heteroatoms. The van der Waals surface area contributed by atoms with Gasteiger partial charge in [-0.05, 0) is 96.3 Å². The molecule has 0 aliphatic rings. The fraction of sp³-hybridized carbons (Fsp3) is 0.746. The maximum atomic E-state index is 12.7. The van der Waals surface area contributed by atoms with Gasteiger partial charge >= 0.3 is 19.8 Å². The average Bonchev–Trinajstić information content (AvgIpc) is 3.46. The van der Waals surface area contributed by atoms with Crippen molar-refractivity contribution < 1.29 is 37.6 Å². The predicted octanol–water partition coefficient (Wildman–Crippen LogP) is 22.0. The van der Waals surface area contributed by atoms with Crippen LogP contribution in [0.2, 0.25) is 0 Å². The van der Waals surface area contributed by atoms with Gasteiger partial charge in [-0.15, -0.1) is 0 Å². The number of nitrogens with two attached hydrogens (primary N) is 1. The number of esters is 2. The van der Waals surface area contributed by atoms with Gasteiger partial charge in [-0.25, -0.2) is 4.57 Å². The van der Waals surface area contributed by atoms with E-state index in [9.17, 15) is 19.0 Å². The van der Waals surface area contributed by atoms with Crippen molar-refractivity contribution in [2.45, 2.75) is 315 Å². The number of allylic oxidation sites excluding steroid dienone is 16. The van der Waals surface area contributed by atoms with Crippen LogP contribution in [-0.4, -0.2) is 49.3 Å². The Bertz CT molecular complexity index is 1650. The molecule has 0 aromatic heterocycles. The first-order chi connectivity index (χ1) is 39.8. The molecule has 0 bridgehead atoms. The van der Waals surface area contributed by atoms with Crippen molar-refractivity contribution in [3.05, 3.63) is 97.2 Å². The summed E-state index contributed by atoms with van der Waals surface area (Å²) in [6.45, 7) is 3.63. The molecule has 468 valence electrons. The number of carbonyl (C=O) groups excluding carboxylic acids is 2. The molecule has 9 nitrogen and oxygen atoms in total. The molecule has 0 radical (unpaired) electrons. The molecule has 0 amide bonds. The van der Waals surface area contributed by atoms with Gasteiger partial charge < -0.3 is 20.1 Å². The lowest BCUT2D eigenvalue weighted by Crippen LogP contribution is -2.29. The lowest BCUT2D eigenvalue weighted by molar-refractivity contribution is -0.161. The van der Waals surface area contributed by atoms with Gasteiger partial charge in [-0.2, -0.15) is 0 Å². The second-order valence-electron chi connectivity index (χ2n) is 22.3. The van der Waals surface area contributed by atoms with Crippen molar-refractivity contribution in [3.63, 3.8) is 0 Å². The minimum Gasteiger partial charge on any atom is -0.462 e. The van der Waals surface area contributed by atoms with Gasteiger partial charge in [0.2, 0.25) is 0 Å². The van der Waals surface area contributed by atoms with E-state index >= 15 is 0 Å². The maximum Gasteiger partial charge on any atom is 0.472 e. The molecule has 81 heavy (non-hydrogen) atoms. The van der Waals surface area contributed by atoms with Gasteiger partial charge in [0, 0.05) is 19.4 Å². The highest BCUT2D eigenvalue weighted by atomic mass is 31.2. The third-order valence-corrected chi connectivity index (χ3v) is 15.4. The van der Waals surface area contributed by atoms with Crippen molar-refractivity contribution in [1.29, 1.82) is 0 Å². The highest BCUT2D eigenvalue weighted by Gasteiger charge is 2.26. The number of ether oxygens (including phenoxy) is 2. The van der Waals surface area contributed by atoms with Crippen LogP contribution in [0.15, 0.2) is 97.2 Å². The molecule has 0 heterocycles. The molecule has 0 spiro atoms. The van der Waals surface area contributed by atoms with Crippen LogP contribution >= 0.6 is 7.82 Å². The molecule has 0 fully saturated rings. The van der Waals surface area contributed by atoms with E-state index in [1.807, 2.05) is 0 Å². The molecule has 0 saturated heterocycles. The summed E-state index contributed by atoms with van der Waals surface area (Å²) >= 11 is 0. The molecule has 0 aliphatic heterocycles. The number of phosphoric ester groups is 1. The van der Waals surface area contributed by atoms with Crippen molar-refractivity contribution in [3.8, 4) is 0 Å². The van der Waals surface area contributed by atoms with E-state index in [-0.39, 0.29) is 38.6 Å². The smallest absolute Gasteiger partial charge is 0.462 e. The fourth-order valence-electron chi connectivity index (χ4n) is 9.50. The Labute approximate surface area is 499 Å². The summed E-state index contributed by atoms with van der Waals surface area (Å²) in [6.07, 6.45) is 89.3. The van der Waals surface area contributed by atoms with Gasteiger partial charge in [-0.1, -0.05) is 297 Å². The van der Waals surface area contributed by atoms with Crippen molar-refractivity contribution >= 4 is 19.8 Å². The zero-order valence-electron chi connectivity index (χ0n) is 52.5. The van der Waals surface area contributed by atoms with E-state index in [0.29, 0.717) is 6.42 Å². The maximum absolute atomic E-state index is 12.7. The number of phosphoric acid groups is 1. The Morgan fingerprint density at radius 2 is 0.679 bits per heavy atom. The SMILES string of the molecule is CC/C=C\C/C=C\C/C=C\C/C=C\C/C=C\C/C=C\CCCCCCCCC(=O)OC(COC(=O)CCCCCCCCCCCCCCCCCCCCCCCCC/C=C\C/C=C\CCCCCCC)COP(=O)(O)OCCN. The standard InChI is InChI=1S/C71H126NO8P/c1-3-5-7-9-11-13-15-17-19-21-23-25-27-29-30-31-32-33-34-35-36-37-38-40-41-43-45-47-49-51-53-55-57-59-61-63-70(73)77-67-69(68-79-81(75,76)78-66-65-72)80-71(74)64-62-60-58-56-54-52-50-48-46-44-42-39-28-26-24-22-20-18-16-14-12-10-8-6-4-2/h6,8,12,14-15,17-18,20-21,23-24,26,39,42,46,48,69H,3-5,7,9-11,13,16,19,22,25,27-38,40-41,43-45,47,49-68,72H2,1-2H3,(H,75,76)/b8-6-,14-12-,17-15-,20-18-,23-21-,26-24-,42-39-,48-46-. The zero-order chi connectivity index (χ0) is 58.7. The Morgan fingerprint density at radius 3 is 1.01 bits per heavy atom. The number of carbonyl (C=O) groups is 2. The summed E-state index contributed by atoms with van der Waals surface area (Å²) in [7, 11) is -4.40. The van der Waals surface area contributed by atoms with E-state index < -0.39 is 26.5 Å². The molecule has 3 N–H and O–H groups in total. The van der Waals surface area contributed by atoms with Gasteiger partial charge in [0.15, 0.2) is 6.10 Å². The Balaban J connectivity index is 3.88. The van der Waals surface area contributed by atoms with E-state index in [2.05, 4.69) is 111 Å². The Hall–Kier alpha value is -3.07. The summed E-state index contributed by atoms with van der Waals surface area (Å²) in [6, 6.07) is 0. The highest BCUT2D eigenvalue weighted by Crippen LogP contribution is 2.43. The van der Waals surface area contributed by atoms with E-state index in [1.165, 1.54) is 173 Å². The molecule has 0 rings (SSSR count). The minimum atomic E-state index is -4.40. The molecule has 0 aliphatic carbocycles. The molecule has 2 unspecified atom stereocenters. The summed E-state index contributed by atoms with van der Waals surface area (Å²) in [5, 5.41) is 0. The average molecular weight is 1150 g/mol. The zero-order valence-corrected chi connectivity index (χ0v) is 53.4. The topological polar surface area (TPSA) is 134 Å². The quantitative estimate of drug-likeness (QED) is 0.0264. The third-order valence-electron chi connectivity index (χ3n) is 14.5. The van der Waals surface area contributed by atoms with Crippen LogP contribution in [0.5, 0.6) is 0 Å². The van der Waals surface area contributed by atoms with Gasteiger partial charge in [0.1, 0.15) is 6.61 Å². The first-order valence-electron chi connectivity index (χ1n) is 33.7. The monoisotopic (exact) mass is 1150 g/mol. The van der Waals surface area contributed by atoms with Crippen LogP contribution in [0.1, 0.15) is 309 Å². The number of hydrogen-bond acceptors (Lipinski definition) is 8. The first-order valence-corrected chi connectivity index (χ1v) is 35.2.